The van der Waals surface area contributed by atoms with Gasteiger partial charge in [0.25, 0.3) is 0 Å². The van der Waals surface area contributed by atoms with Crippen LogP contribution in [0.15, 0.2) is 42.5 Å². The monoisotopic (exact) mass is 380 g/mol. The molecule has 0 fully saturated rings. The van der Waals surface area contributed by atoms with Gasteiger partial charge in [-0.15, -0.1) is 0 Å². The van der Waals surface area contributed by atoms with Gasteiger partial charge in [-0.2, -0.15) is 0 Å². The molecule has 2 aromatic carbocycles. The van der Waals surface area contributed by atoms with Gasteiger partial charge >= 0.3 is 6.09 Å². The normalized spacial score (nSPS) is 18.7. The molecule has 2 atom stereocenters. The van der Waals surface area contributed by atoms with E-state index in [2.05, 4.69) is 25.1 Å². The SMILES string of the molecule is CC(=O)N1c2ccc(-c3ccccc3C)cc2[C@H](N(C(=O)O)C(C)C)C[C@@H]1C. The Morgan fingerprint density at radius 2 is 1.86 bits per heavy atom. The summed E-state index contributed by atoms with van der Waals surface area (Å²) in [5.41, 5.74) is 5.01. The van der Waals surface area contributed by atoms with E-state index in [1.165, 1.54) is 4.90 Å². The van der Waals surface area contributed by atoms with Crippen LogP contribution in [0.3, 0.4) is 0 Å². The summed E-state index contributed by atoms with van der Waals surface area (Å²) in [5, 5.41) is 9.86. The fourth-order valence-electron chi connectivity index (χ4n) is 4.36. The average molecular weight is 380 g/mol. The first-order chi connectivity index (χ1) is 13.2. The minimum absolute atomic E-state index is 0.0257. The number of benzene rings is 2. The molecule has 2 aromatic rings. The van der Waals surface area contributed by atoms with Gasteiger partial charge in [-0.3, -0.25) is 9.69 Å². The number of fused-ring (bicyclic) bond motifs is 1. The molecule has 2 amide bonds. The van der Waals surface area contributed by atoms with Crippen molar-refractivity contribution in [2.24, 2.45) is 0 Å². The molecule has 148 valence electrons. The van der Waals surface area contributed by atoms with Crippen LogP contribution in [0.4, 0.5) is 10.5 Å². The maximum absolute atomic E-state index is 12.3. The largest absolute Gasteiger partial charge is 0.465 e. The Balaban J connectivity index is 2.21. The second kappa shape index (κ2) is 7.66. The third-order valence-electron chi connectivity index (χ3n) is 5.56. The Morgan fingerprint density at radius 1 is 1.18 bits per heavy atom. The van der Waals surface area contributed by atoms with E-state index in [4.69, 9.17) is 0 Å². The van der Waals surface area contributed by atoms with E-state index in [0.717, 1.165) is 27.9 Å². The van der Waals surface area contributed by atoms with Crippen molar-refractivity contribution in [3.8, 4) is 11.1 Å². The number of aryl methyl sites for hydroxylation is 1. The summed E-state index contributed by atoms with van der Waals surface area (Å²) in [7, 11) is 0. The predicted octanol–water partition coefficient (Wildman–Crippen LogP) is 5.24. The van der Waals surface area contributed by atoms with Crippen molar-refractivity contribution in [3.05, 3.63) is 53.6 Å². The molecule has 1 aliphatic rings. The highest BCUT2D eigenvalue weighted by Crippen LogP contribution is 2.43. The first-order valence-corrected chi connectivity index (χ1v) is 9.73. The molecular formula is C23H28N2O3. The highest BCUT2D eigenvalue weighted by molar-refractivity contribution is 5.94. The fourth-order valence-corrected chi connectivity index (χ4v) is 4.36. The molecule has 0 saturated carbocycles. The molecule has 1 N–H and O–H groups in total. The van der Waals surface area contributed by atoms with Crippen molar-refractivity contribution in [2.75, 3.05) is 4.90 Å². The smallest absolute Gasteiger partial charge is 0.408 e. The lowest BCUT2D eigenvalue weighted by Crippen LogP contribution is -2.48. The molecule has 0 unspecified atom stereocenters. The maximum Gasteiger partial charge on any atom is 0.408 e. The molecule has 0 radical (unpaired) electrons. The molecule has 0 aliphatic carbocycles. The minimum Gasteiger partial charge on any atom is -0.465 e. The van der Waals surface area contributed by atoms with Gasteiger partial charge in [0.2, 0.25) is 5.91 Å². The van der Waals surface area contributed by atoms with E-state index < -0.39 is 6.09 Å². The van der Waals surface area contributed by atoms with Gasteiger partial charge in [-0.25, -0.2) is 4.79 Å². The lowest BCUT2D eigenvalue weighted by atomic mass is 9.87. The molecule has 0 aromatic heterocycles. The molecule has 5 heteroatoms. The second-order valence-corrected chi connectivity index (χ2v) is 7.86. The highest BCUT2D eigenvalue weighted by Gasteiger charge is 2.38. The predicted molar refractivity (Wildman–Crippen MR) is 112 cm³/mol. The lowest BCUT2D eigenvalue weighted by Gasteiger charge is -2.43. The zero-order valence-electron chi connectivity index (χ0n) is 17.1. The Labute approximate surface area is 166 Å². The number of nitrogens with zero attached hydrogens (tertiary/aromatic N) is 2. The van der Waals surface area contributed by atoms with E-state index >= 15 is 0 Å². The number of hydrogen-bond acceptors (Lipinski definition) is 2. The summed E-state index contributed by atoms with van der Waals surface area (Å²) in [4.78, 5) is 27.6. The highest BCUT2D eigenvalue weighted by atomic mass is 16.4. The van der Waals surface area contributed by atoms with Crippen LogP contribution in [-0.2, 0) is 4.79 Å². The van der Waals surface area contributed by atoms with E-state index in [-0.39, 0.29) is 24.0 Å². The average Bonchev–Trinajstić information content (AvgIpc) is 2.61. The second-order valence-electron chi connectivity index (χ2n) is 7.86. The van der Waals surface area contributed by atoms with Gasteiger partial charge in [0.1, 0.15) is 0 Å². The Morgan fingerprint density at radius 3 is 2.43 bits per heavy atom. The maximum atomic E-state index is 12.3. The van der Waals surface area contributed by atoms with Crippen LogP contribution in [0, 0.1) is 6.92 Å². The number of amides is 2. The summed E-state index contributed by atoms with van der Waals surface area (Å²) in [6, 6.07) is 13.7. The lowest BCUT2D eigenvalue weighted by molar-refractivity contribution is -0.117. The zero-order chi connectivity index (χ0) is 20.6. The molecule has 0 bridgehead atoms. The number of carbonyl (C=O) groups is 2. The summed E-state index contributed by atoms with van der Waals surface area (Å²) >= 11 is 0. The van der Waals surface area contributed by atoms with Crippen molar-refractivity contribution in [1.82, 2.24) is 4.90 Å². The number of hydrogen-bond donors (Lipinski definition) is 1. The summed E-state index contributed by atoms with van der Waals surface area (Å²) in [6.45, 7) is 9.39. The third kappa shape index (κ3) is 3.49. The first-order valence-electron chi connectivity index (χ1n) is 9.73. The topological polar surface area (TPSA) is 60.9 Å². The molecule has 0 saturated heterocycles. The fraction of sp³-hybridized carbons (Fsp3) is 0.391. The quantitative estimate of drug-likeness (QED) is 0.792. The molecular weight excluding hydrogens is 352 g/mol. The molecule has 0 spiro atoms. The molecule has 28 heavy (non-hydrogen) atoms. The first kappa shape index (κ1) is 19.9. The van der Waals surface area contributed by atoms with Gasteiger partial charge in [-0.1, -0.05) is 30.3 Å². The van der Waals surface area contributed by atoms with Crippen molar-refractivity contribution in [2.45, 2.75) is 59.2 Å². The van der Waals surface area contributed by atoms with E-state index in [0.29, 0.717) is 6.42 Å². The molecule has 1 aliphatic heterocycles. The standard InChI is InChI=1S/C23H28N2O3/c1-14(2)24(23(27)28)22-12-16(4)25(17(5)26)21-11-10-18(13-20(21)22)19-9-7-6-8-15(19)3/h6-11,13-14,16,22H,12H2,1-5H3,(H,27,28)/t16-,22+/m0/s1. The van der Waals surface area contributed by atoms with Gasteiger partial charge < -0.3 is 10.0 Å². The van der Waals surface area contributed by atoms with Crippen LogP contribution in [0.1, 0.15) is 51.3 Å². The summed E-state index contributed by atoms with van der Waals surface area (Å²) < 4.78 is 0. The number of carboxylic acid groups (broad SMARTS) is 1. The number of anilines is 1. The van der Waals surface area contributed by atoms with Gasteiger partial charge in [0.15, 0.2) is 0 Å². The van der Waals surface area contributed by atoms with Gasteiger partial charge in [-0.05, 0) is 68.5 Å². The summed E-state index contributed by atoms with van der Waals surface area (Å²) in [5.74, 6) is -0.0257. The number of carbonyl (C=O) groups excluding carboxylic acids is 1. The van der Waals surface area contributed by atoms with Crippen LogP contribution < -0.4 is 4.90 Å². The molecule has 5 nitrogen and oxygen atoms in total. The van der Waals surface area contributed by atoms with Crippen molar-refractivity contribution < 1.29 is 14.7 Å². The van der Waals surface area contributed by atoms with Crippen LogP contribution in [0.5, 0.6) is 0 Å². The number of rotatable bonds is 3. The third-order valence-corrected chi connectivity index (χ3v) is 5.56. The van der Waals surface area contributed by atoms with Crippen molar-refractivity contribution >= 4 is 17.7 Å². The minimum atomic E-state index is -0.935. The van der Waals surface area contributed by atoms with Gasteiger partial charge in [0.05, 0.1) is 6.04 Å². The summed E-state index contributed by atoms with van der Waals surface area (Å²) in [6.07, 6.45) is -0.357. The Hall–Kier alpha value is -2.82. The molecule has 3 rings (SSSR count). The zero-order valence-corrected chi connectivity index (χ0v) is 17.1. The van der Waals surface area contributed by atoms with Crippen LogP contribution in [0.2, 0.25) is 0 Å². The van der Waals surface area contributed by atoms with Crippen molar-refractivity contribution in [1.29, 1.82) is 0 Å². The van der Waals surface area contributed by atoms with Crippen LogP contribution >= 0.6 is 0 Å². The van der Waals surface area contributed by atoms with Crippen LogP contribution in [-0.4, -0.2) is 34.1 Å². The Bertz CT molecular complexity index is 906. The molecule has 1 heterocycles. The van der Waals surface area contributed by atoms with Crippen LogP contribution in [0.25, 0.3) is 11.1 Å². The van der Waals surface area contributed by atoms with Gasteiger partial charge in [0, 0.05) is 24.7 Å². The van der Waals surface area contributed by atoms with E-state index in [1.54, 1.807) is 11.8 Å². The Kier molecular flexibility index (Phi) is 5.45. The van der Waals surface area contributed by atoms with E-state index in [9.17, 15) is 14.7 Å². The van der Waals surface area contributed by atoms with E-state index in [1.807, 2.05) is 45.0 Å². The van der Waals surface area contributed by atoms with Crippen molar-refractivity contribution in [3.63, 3.8) is 0 Å².